The summed E-state index contributed by atoms with van der Waals surface area (Å²) in [6.07, 6.45) is -4.67. The van der Waals surface area contributed by atoms with Gasteiger partial charge in [0.25, 0.3) is 0 Å². The van der Waals surface area contributed by atoms with E-state index < -0.39 is 11.7 Å². The number of fused-ring (bicyclic) bond motifs is 6. The Hall–Kier alpha value is -11.5. The Kier molecular flexibility index (Phi) is 12.6. The SMILES string of the molecule is [C-]#[N+]c1cc(-c2nc(-c3ccccc3)nc(-c3cc(-c4ccccc4C(F)(F)F)cc(-n4c5ccc(-c6ccccc6)cc5c5cc(-c6ccccc6)ccc54)c3)n2)cc(-n2c3ccc(-c4ccccc4)cc3c3cc(-c4ccccc4)ccc32)c1. The number of benzene rings is 12. The summed E-state index contributed by atoms with van der Waals surface area (Å²) in [7, 11) is 0. The van der Waals surface area contributed by atoms with Crippen molar-refractivity contribution in [2.45, 2.75) is 6.18 Å². The average Bonchev–Trinajstić information content (AvgIpc) is 1.68. The number of aromatic nitrogens is 5. The molecule has 0 bridgehead atoms. The van der Waals surface area contributed by atoms with Crippen molar-refractivity contribution in [3.63, 3.8) is 0 Å². The second kappa shape index (κ2) is 21.1. The van der Waals surface area contributed by atoms with Gasteiger partial charge in [-0.05, 0) is 147 Å². The molecule has 15 rings (SSSR count). The molecule has 3 aromatic heterocycles. The predicted molar refractivity (Wildman–Crippen MR) is 343 cm³/mol. The van der Waals surface area contributed by atoms with Crippen LogP contribution in [0.15, 0.2) is 285 Å². The van der Waals surface area contributed by atoms with Crippen molar-refractivity contribution in [3.8, 4) is 101 Å². The van der Waals surface area contributed by atoms with Gasteiger partial charge in [0.1, 0.15) is 0 Å². The number of halogens is 3. The zero-order chi connectivity index (χ0) is 57.9. The van der Waals surface area contributed by atoms with Crippen molar-refractivity contribution < 1.29 is 13.2 Å². The molecule has 6 nitrogen and oxygen atoms in total. The quantitative estimate of drug-likeness (QED) is 0.128. The van der Waals surface area contributed by atoms with E-state index in [1.165, 1.54) is 12.1 Å². The second-order valence-electron chi connectivity index (χ2n) is 21.4. The van der Waals surface area contributed by atoms with Crippen LogP contribution in [0.25, 0.3) is 150 Å². The summed E-state index contributed by atoms with van der Waals surface area (Å²) in [5, 5.41) is 4.04. The molecule has 86 heavy (non-hydrogen) atoms. The van der Waals surface area contributed by atoms with E-state index in [9.17, 15) is 0 Å². The molecule has 0 aliphatic carbocycles. The molecule has 3 heterocycles. The fourth-order valence-electron chi connectivity index (χ4n) is 12.1. The predicted octanol–water partition coefficient (Wildman–Crippen LogP) is 21.0. The van der Waals surface area contributed by atoms with Gasteiger partial charge in [-0.2, -0.15) is 13.2 Å². The molecule has 9 heteroatoms. The van der Waals surface area contributed by atoms with Gasteiger partial charge in [0.2, 0.25) is 0 Å². The molecule has 0 atom stereocenters. The zero-order valence-electron chi connectivity index (χ0n) is 46.0. The maximum Gasteiger partial charge on any atom is 0.417 e. The molecular formula is C77H47F3N6. The third-order valence-electron chi connectivity index (χ3n) is 16.2. The summed E-state index contributed by atoms with van der Waals surface area (Å²) >= 11 is 0. The normalized spacial score (nSPS) is 11.7. The van der Waals surface area contributed by atoms with Crippen LogP contribution in [-0.2, 0) is 6.18 Å². The lowest BCUT2D eigenvalue weighted by atomic mass is 9.96. The minimum atomic E-state index is -4.67. The first kappa shape index (κ1) is 51.4. The number of alkyl halides is 3. The zero-order valence-corrected chi connectivity index (χ0v) is 46.0. The summed E-state index contributed by atoms with van der Waals surface area (Å²) in [5.74, 6) is 0.856. The average molecular weight is 1110 g/mol. The van der Waals surface area contributed by atoms with Gasteiger partial charge in [-0.1, -0.05) is 194 Å². The molecule has 0 fully saturated rings. The van der Waals surface area contributed by atoms with Gasteiger partial charge in [-0.25, -0.2) is 19.8 Å². The fraction of sp³-hybridized carbons (Fsp3) is 0.0130. The van der Waals surface area contributed by atoms with Gasteiger partial charge < -0.3 is 9.13 Å². The van der Waals surface area contributed by atoms with Crippen molar-refractivity contribution in [1.29, 1.82) is 0 Å². The van der Waals surface area contributed by atoms with Crippen molar-refractivity contribution in [2.24, 2.45) is 0 Å². The molecule has 0 saturated carbocycles. The Labute approximate surface area is 493 Å². The summed E-state index contributed by atoms with van der Waals surface area (Å²) in [6, 6.07) is 93.3. The first-order valence-corrected chi connectivity index (χ1v) is 28.2. The van der Waals surface area contributed by atoms with E-state index in [1.807, 2.05) is 127 Å². The van der Waals surface area contributed by atoms with E-state index in [0.717, 1.165) is 99.9 Å². The minimum Gasteiger partial charge on any atom is -0.310 e. The van der Waals surface area contributed by atoms with Gasteiger partial charge in [0.15, 0.2) is 23.2 Å². The van der Waals surface area contributed by atoms with Crippen LogP contribution in [-0.4, -0.2) is 24.1 Å². The summed E-state index contributed by atoms with van der Waals surface area (Å²) < 4.78 is 50.1. The highest BCUT2D eigenvalue weighted by Crippen LogP contribution is 2.44. The largest absolute Gasteiger partial charge is 0.417 e. The Balaban J connectivity index is 0.961. The van der Waals surface area contributed by atoms with E-state index in [2.05, 4.69) is 135 Å². The highest BCUT2D eigenvalue weighted by molar-refractivity contribution is 6.13. The monoisotopic (exact) mass is 1110 g/mol. The second-order valence-corrected chi connectivity index (χ2v) is 21.4. The minimum absolute atomic E-state index is 0.00603. The molecule has 0 unspecified atom stereocenters. The Morgan fingerprint density at radius 3 is 1.00 bits per heavy atom. The molecule has 0 aliphatic heterocycles. The highest BCUT2D eigenvalue weighted by Gasteiger charge is 2.34. The fourth-order valence-corrected chi connectivity index (χ4v) is 12.1. The molecule has 0 radical (unpaired) electrons. The summed E-state index contributed by atoms with van der Waals surface area (Å²) in [5.41, 5.74) is 15.1. The van der Waals surface area contributed by atoms with E-state index in [-0.39, 0.29) is 17.2 Å². The number of rotatable bonds is 10. The van der Waals surface area contributed by atoms with Crippen molar-refractivity contribution in [2.75, 3.05) is 0 Å². The first-order chi connectivity index (χ1) is 42.2. The Bertz CT molecular complexity index is 4950. The molecule has 12 aromatic carbocycles. The van der Waals surface area contributed by atoms with Gasteiger partial charge in [-0.15, -0.1) is 0 Å². The Morgan fingerprint density at radius 1 is 0.291 bits per heavy atom. The van der Waals surface area contributed by atoms with Crippen LogP contribution in [0.2, 0.25) is 0 Å². The molecule has 15 aromatic rings. The van der Waals surface area contributed by atoms with Crippen LogP contribution in [0, 0.1) is 6.57 Å². The third kappa shape index (κ3) is 9.32. The van der Waals surface area contributed by atoms with Gasteiger partial charge in [0.05, 0.1) is 34.2 Å². The molecule has 406 valence electrons. The van der Waals surface area contributed by atoms with E-state index in [1.54, 1.807) is 18.2 Å². The van der Waals surface area contributed by atoms with Gasteiger partial charge >= 0.3 is 6.18 Å². The van der Waals surface area contributed by atoms with Crippen LogP contribution >= 0.6 is 0 Å². The molecule has 0 amide bonds. The first-order valence-electron chi connectivity index (χ1n) is 28.2. The highest BCUT2D eigenvalue weighted by atomic mass is 19.4. The van der Waals surface area contributed by atoms with Gasteiger partial charge in [0, 0.05) is 49.6 Å². The number of hydrogen-bond acceptors (Lipinski definition) is 3. The standard InChI is InChI=1S/C77H47F3N6/c1-81-61-40-60(43-63(48-61)86-72-37-33-56(51-23-11-4-12-24-51)46-67(72)68-47-57(34-38-73(68)86)52-25-13-5-14-26-52)76-83-74(53-27-15-6-16-28-53)82-75(84-76)59-39-58(64-29-17-18-30-69(64)77(78,79)80)41-62(42-59)85-70-35-31-54(49-19-7-2-8-20-49)44-65(70)66-45-55(32-36-71(66)85)50-21-9-3-10-22-50/h2-48H. The van der Waals surface area contributed by atoms with E-state index in [4.69, 9.17) is 21.5 Å². The van der Waals surface area contributed by atoms with Gasteiger partial charge in [-0.3, -0.25) is 0 Å². The molecule has 0 saturated heterocycles. The lowest BCUT2D eigenvalue weighted by Gasteiger charge is -2.17. The summed E-state index contributed by atoms with van der Waals surface area (Å²) in [6.45, 7) is 8.52. The maximum atomic E-state index is 15.3. The lowest BCUT2D eigenvalue weighted by molar-refractivity contribution is -0.137. The number of nitrogens with zero attached hydrogens (tertiary/aromatic N) is 6. The lowest BCUT2D eigenvalue weighted by Crippen LogP contribution is -2.07. The molecule has 0 aliphatic rings. The molecule has 0 N–H and O–H groups in total. The summed E-state index contributed by atoms with van der Waals surface area (Å²) in [4.78, 5) is 19.7. The van der Waals surface area contributed by atoms with E-state index >= 15 is 13.2 Å². The third-order valence-corrected chi connectivity index (χ3v) is 16.2. The van der Waals surface area contributed by atoms with Crippen molar-refractivity contribution in [1.82, 2.24) is 24.1 Å². The van der Waals surface area contributed by atoms with Crippen LogP contribution in [0.1, 0.15) is 5.56 Å². The van der Waals surface area contributed by atoms with Crippen LogP contribution in [0.5, 0.6) is 0 Å². The smallest absolute Gasteiger partial charge is 0.310 e. The van der Waals surface area contributed by atoms with Crippen LogP contribution in [0.4, 0.5) is 18.9 Å². The van der Waals surface area contributed by atoms with Crippen molar-refractivity contribution >= 4 is 49.3 Å². The molecule has 0 spiro atoms. The maximum absolute atomic E-state index is 15.3. The van der Waals surface area contributed by atoms with Crippen LogP contribution in [0.3, 0.4) is 0 Å². The molecular weight excluding hydrogens is 1070 g/mol. The Morgan fingerprint density at radius 2 is 0.616 bits per heavy atom. The van der Waals surface area contributed by atoms with E-state index in [0.29, 0.717) is 39.5 Å². The van der Waals surface area contributed by atoms with Crippen LogP contribution < -0.4 is 0 Å². The number of hydrogen-bond donors (Lipinski definition) is 0. The topological polar surface area (TPSA) is 52.9 Å². The van der Waals surface area contributed by atoms with Crippen molar-refractivity contribution in [3.05, 3.63) is 302 Å².